The quantitative estimate of drug-likeness (QED) is 0.583. The normalized spacial score (nSPS) is 32.6. The Labute approximate surface area is 111 Å². The molecule has 2 heterocycles. The largest absolute Gasteiger partial charge is 0.378 e. The van der Waals surface area contributed by atoms with Crippen LogP contribution in [0, 0.1) is 5.92 Å². The van der Waals surface area contributed by atoms with Crippen molar-refractivity contribution in [3.8, 4) is 0 Å². The number of hydrogen-bond donors (Lipinski definition) is 1. The van der Waals surface area contributed by atoms with Gasteiger partial charge < -0.3 is 14.8 Å². The van der Waals surface area contributed by atoms with E-state index in [1.54, 1.807) is 0 Å². The molecule has 2 saturated heterocycles. The van der Waals surface area contributed by atoms with Crippen molar-refractivity contribution in [2.24, 2.45) is 5.92 Å². The van der Waals surface area contributed by atoms with E-state index in [-0.39, 0.29) is 5.60 Å². The monoisotopic (exact) mass is 253 g/mol. The molecule has 0 radical (unpaired) electrons. The fourth-order valence-electron chi connectivity index (χ4n) is 2.87. The summed E-state index contributed by atoms with van der Waals surface area (Å²) < 4.78 is 11.4. The number of hydrogen-bond acceptors (Lipinski definition) is 3. The van der Waals surface area contributed by atoms with Crippen LogP contribution in [0.15, 0.2) is 12.2 Å². The molecule has 0 aliphatic carbocycles. The summed E-state index contributed by atoms with van der Waals surface area (Å²) in [5.41, 5.74) is 0.0493. The topological polar surface area (TPSA) is 30.5 Å². The van der Waals surface area contributed by atoms with Gasteiger partial charge in [0.2, 0.25) is 0 Å². The summed E-state index contributed by atoms with van der Waals surface area (Å²) in [5, 5.41) is 3.43. The summed E-state index contributed by atoms with van der Waals surface area (Å²) >= 11 is 0. The standard InChI is InChI=1S/C15H27NO2/c1-2-8-16-9-4-3-5-14-6-10-18-15(12-14)7-11-17-13-15/h3,5,14,16H,2,4,6-13H2,1H3. The van der Waals surface area contributed by atoms with Crippen molar-refractivity contribution in [1.29, 1.82) is 0 Å². The third-order valence-electron chi connectivity index (χ3n) is 3.92. The second kappa shape index (κ2) is 7.27. The molecule has 0 saturated carbocycles. The van der Waals surface area contributed by atoms with Crippen LogP contribution in [0.1, 0.15) is 39.0 Å². The van der Waals surface area contributed by atoms with E-state index in [2.05, 4.69) is 24.4 Å². The number of nitrogens with one attached hydrogen (secondary N) is 1. The molecule has 3 heteroatoms. The number of ether oxygens (including phenoxy) is 2. The molecule has 0 aromatic rings. The molecule has 2 atom stereocenters. The average molecular weight is 253 g/mol. The second-order valence-corrected chi connectivity index (χ2v) is 5.55. The van der Waals surface area contributed by atoms with Crippen LogP contribution < -0.4 is 5.32 Å². The molecule has 18 heavy (non-hydrogen) atoms. The first-order valence-electron chi connectivity index (χ1n) is 7.44. The van der Waals surface area contributed by atoms with Gasteiger partial charge in [0.1, 0.15) is 0 Å². The van der Waals surface area contributed by atoms with Gasteiger partial charge in [-0.25, -0.2) is 0 Å². The van der Waals surface area contributed by atoms with Gasteiger partial charge in [-0.2, -0.15) is 0 Å². The average Bonchev–Trinajstić information content (AvgIpc) is 2.82. The van der Waals surface area contributed by atoms with Gasteiger partial charge in [-0.15, -0.1) is 0 Å². The Kier molecular flexibility index (Phi) is 5.67. The van der Waals surface area contributed by atoms with Crippen LogP contribution in [0.3, 0.4) is 0 Å². The number of rotatable bonds is 6. The van der Waals surface area contributed by atoms with E-state index in [4.69, 9.17) is 9.47 Å². The first kappa shape index (κ1) is 14.0. The Hall–Kier alpha value is -0.380. The van der Waals surface area contributed by atoms with Gasteiger partial charge in [0.05, 0.1) is 12.2 Å². The Balaban J connectivity index is 1.67. The maximum absolute atomic E-state index is 5.94. The van der Waals surface area contributed by atoms with Gasteiger partial charge in [0.15, 0.2) is 0 Å². The maximum atomic E-state index is 5.94. The van der Waals surface area contributed by atoms with E-state index in [0.29, 0.717) is 5.92 Å². The van der Waals surface area contributed by atoms with Crippen molar-refractivity contribution in [3.63, 3.8) is 0 Å². The lowest BCUT2D eigenvalue weighted by Gasteiger charge is -2.36. The molecule has 0 aromatic heterocycles. The minimum atomic E-state index is 0.0493. The van der Waals surface area contributed by atoms with Gasteiger partial charge >= 0.3 is 0 Å². The minimum absolute atomic E-state index is 0.0493. The van der Waals surface area contributed by atoms with Crippen LogP contribution in [-0.2, 0) is 9.47 Å². The van der Waals surface area contributed by atoms with Crippen LogP contribution >= 0.6 is 0 Å². The van der Waals surface area contributed by atoms with Crippen molar-refractivity contribution in [3.05, 3.63) is 12.2 Å². The second-order valence-electron chi connectivity index (χ2n) is 5.55. The van der Waals surface area contributed by atoms with E-state index < -0.39 is 0 Å². The Bertz CT molecular complexity index is 259. The Morgan fingerprint density at radius 3 is 3.06 bits per heavy atom. The van der Waals surface area contributed by atoms with Crippen molar-refractivity contribution in [2.75, 3.05) is 32.9 Å². The third-order valence-corrected chi connectivity index (χ3v) is 3.92. The van der Waals surface area contributed by atoms with E-state index in [0.717, 1.165) is 52.2 Å². The summed E-state index contributed by atoms with van der Waals surface area (Å²) in [6.45, 7) is 7.00. The molecule has 2 aliphatic heterocycles. The van der Waals surface area contributed by atoms with E-state index >= 15 is 0 Å². The lowest BCUT2D eigenvalue weighted by Crippen LogP contribution is -2.39. The Morgan fingerprint density at radius 1 is 1.33 bits per heavy atom. The highest BCUT2D eigenvalue weighted by atomic mass is 16.6. The molecule has 1 N–H and O–H groups in total. The highest BCUT2D eigenvalue weighted by molar-refractivity contribution is 4.98. The molecule has 2 fully saturated rings. The fourth-order valence-corrected chi connectivity index (χ4v) is 2.87. The zero-order chi connectivity index (χ0) is 12.7. The van der Waals surface area contributed by atoms with Crippen molar-refractivity contribution in [1.82, 2.24) is 5.32 Å². The molecule has 2 unspecified atom stereocenters. The fraction of sp³-hybridized carbons (Fsp3) is 0.867. The van der Waals surface area contributed by atoms with Crippen molar-refractivity contribution >= 4 is 0 Å². The molecule has 2 rings (SSSR count). The van der Waals surface area contributed by atoms with Gasteiger partial charge in [-0.1, -0.05) is 19.1 Å². The summed E-state index contributed by atoms with van der Waals surface area (Å²) in [6, 6.07) is 0. The highest BCUT2D eigenvalue weighted by Crippen LogP contribution is 2.36. The highest BCUT2D eigenvalue weighted by Gasteiger charge is 2.40. The van der Waals surface area contributed by atoms with Crippen molar-refractivity contribution in [2.45, 2.75) is 44.6 Å². The van der Waals surface area contributed by atoms with Crippen molar-refractivity contribution < 1.29 is 9.47 Å². The summed E-state index contributed by atoms with van der Waals surface area (Å²) in [4.78, 5) is 0. The van der Waals surface area contributed by atoms with E-state index in [1.165, 1.54) is 12.8 Å². The number of allylic oxidation sites excluding steroid dienone is 1. The molecule has 3 nitrogen and oxygen atoms in total. The lowest BCUT2D eigenvalue weighted by atomic mass is 9.85. The Morgan fingerprint density at radius 2 is 2.28 bits per heavy atom. The molecule has 0 amide bonds. The molecule has 2 aliphatic rings. The van der Waals surface area contributed by atoms with Crippen LogP contribution in [0.25, 0.3) is 0 Å². The molecule has 0 bridgehead atoms. The van der Waals surface area contributed by atoms with Crippen LogP contribution in [0.4, 0.5) is 0 Å². The lowest BCUT2D eigenvalue weighted by molar-refractivity contribution is -0.0910. The minimum Gasteiger partial charge on any atom is -0.378 e. The van der Waals surface area contributed by atoms with Crippen LogP contribution in [-0.4, -0.2) is 38.5 Å². The first-order chi connectivity index (χ1) is 8.85. The van der Waals surface area contributed by atoms with Crippen LogP contribution in [0.5, 0.6) is 0 Å². The summed E-state index contributed by atoms with van der Waals surface area (Å²) in [5.74, 6) is 0.687. The first-order valence-corrected chi connectivity index (χ1v) is 7.44. The SMILES string of the molecule is CCCNCCC=CC1CCOC2(CCOC2)C1. The molecular formula is C15H27NO2. The van der Waals surface area contributed by atoms with Crippen LogP contribution in [0.2, 0.25) is 0 Å². The van der Waals surface area contributed by atoms with Gasteiger partial charge in [-0.3, -0.25) is 0 Å². The molecule has 104 valence electrons. The zero-order valence-electron chi connectivity index (χ0n) is 11.6. The molecule has 0 aromatic carbocycles. The summed E-state index contributed by atoms with van der Waals surface area (Å²) in [6.07, 6.45) is 10.5. The summed E-state index contributed by atoms with van der Waals surface area (Å²) in [7, 11) is 0. The third kappa shape index (κ3) is 4.08. The molecular weight excluding hydrogens is 226 g/mol. The van der Waals surface area contributed by atoms with Gasteiger partial charge in [0.25, 0.3) is 0 Å². The predicted octanol–water partition coefficient (Wildman–Crippen LogP) is 2.52. The van der Waals surface area contributed by atoms with Gasteiger partial charge in [0, 0.05) is 19.6 Å². The predicted molar refractivity (Wildman–Crippen MR) is 73.8 cm³/mol. The zero-order valence-corrected chi connectivity index (χ0v) is 11.6. The van der Waals surface area contributed by atoms with E-state index in [1.807, 2.05) is 0 Å². The maximum Gasteiger partial charge on any atom is 0.0942 e. The van der Waals surface area contributed by atoms with E-state index in [9.17, 15) is 0 Å². The molecule has 1 spiro atoms. The van der Waals surface area contributed by atoms with Gasteiger partial charge in [-0.05, 0) is 44.7 Å². The smallest absolute Gasteiger partial charge is 0.0942 e.